The van der Waals surface area contributed by atoms with Crippen molar-refractivity contribution in [2.75, 3.05) is 14.2 Å². The van der Waals surface area contributed by atoms with Gasteiger partial charge in [-0.25, -0.2) is 9.59 Å². The zero-order valence-electron chi connectivity index (χ0n) is 15.6. The fraction of sp³-hybridized carbons (Fsp3) is 0.0833. The lowest BCUT2D eigenvalue weighted by molar-refractivity contribution is 0.0556. The van der Waals surface area contributed by atoms with Crippen LogP contribution in [-0.2, 0) is 9.47 Å². The van der Waals surface area contributed by atoms with Crippen LogP contribution in [0.2, 0.25) is 0 Å². The minimum absolute atomic E-state index is 0.191. The third-order valence-electron chi connectivity index (χ3n) is 4.90. The van der Waals surface area contributed by atoms with Crippen molar-refractivity contribution in [1.82, 2.24) is 0 Å². The number of esters is 2. The normalized spacial score (nSPS) is 10.8. The van der Waals surface area contributed by atoms with Gasteiger partial charge < -0.3 is 9.47 Å². The molecule has 0 amide bonds. The summed E-state index contributed by atoms with van der Waals surface area (Å²) < 4.78 is 10.0. The Hall–Kier alpha value is -3.66. The van der Waals surface area contributed by atoms with Crippen molar-refractivity contribution in [2.24, 2.45) is 0 Å². The van der Waals surface area contributed by atoms with Crippen LogP contribution < -0.4 is 0 Å². The molecule has 4 aromatic carbocycles. The summed E-state index contributed by atoms with van der Waals surface area (Å²) in [4.78, 5) is 25.3. The highest BCUT2D eigenvalue weighted by atomic mass is 16.5. The van der Waals surface area contributed by atoms with Crippen LogP contribution in [0.15, 0.2) is 72.8 Å². The number of methoxy groups -OCH3 is 2. The molecule has 0 atom stereocenters. The first kappa shape index (κ1) is 17.7. The van der Waals surface area contributed by atoms with Crippen LogP contribution >= 0.6 is 0 Å². The molecular weight excluding hydrogens is 352 g/mol. The van der Waals surface area contributed by atoms with E-state index < -0.39 is 11.9 Å². The molecule has 0 unspecified atom stereocenters. The van der Waals surface area contributed by atoms with Crippen molar-refractivity contribution in [1.29, 1.82) is 0 Å². The predicted octanol–water partition coefficient (Wildman–Crippen LogP) is 5.23. The summed E-state index contributed by atoms with van der Waals surface area (Å²) in [5, 5.41) is 3.75. The molecule has 4 heteroatoms. The van der Waals surface area contributed by atoms with Gasteiger partial charge in [0.05, 0.1) is 25.3 Å². The van der Waals surface area contributed by atoms with E-state index in [9.17, 15) is 9.59 Å². The fourth-order valence-corrected chi connectivity index (χ4v) is 3.66. The topological polar surface area (TPSA) is 52.6 Å². The Morgan fingerprint density at radius 2 is 1.29 bits per heavy atom. The van der Waals surface area contributed by atoms with E-state index in [1.54, 1.807) is 6.07 Å². The van der Waals surface area contributed by atoms with E-state index in [2.05, 4.69) is 0 Å². The number of carbonyl (C=O) groups is 2. The molecule has 0 fully saturated rings. The van der Waals surface area contributed by atoms with Crippen LogP contribution in [0.3, 0.4) is 0 Å². The number of rotatable bonds is 3. The first-order valence-corrected chi connectivity index (χ1v) is 8.86. The molecule has 0 radical (unpaired) electrons. The molecule has 4 aromatic rings. The maximum Gasteiger partial charge on any atom is 0.339 e. The molecule has 0 spiro atoms. The molecular formula is C24H18O4. The van der Waals surface area contributed by atoms with Crippen LogP contribution in [0.4, 0.5) is 0 Å². The van der Waals surface area contributed by atoms with Crippen molar-refractivity contribution in [3.63, 3.8) is 0 Å². The van der Waals surface area contributed by atoms with Crippen LogP contribution in [-0.4, -0.2) is 26.2 Å². The Kier molecular flexibility index (Phi) is 4.53. The lowest BCUT2D eigenvalue weighted by Gasteiger charge is -2.17. The third kappa shape index (κ3) is 2.79. The molecule has 0 saturated heterocycles. The highest BCUT2D eigenvalue weighted by Crippen LogP contribution is 2.39. The van der Waals surface area contributed by atoms with E-state index in [4.69, 9.17) is 9.47 Å². The highest BCUT2D eigenvalue weighted by molar-refractivity contribution is 6.18. The van der Waals surface area contributed by atoms with Gasteiger partial charge in [0.1, 0.15) is 0 Å². The second kappa shape index (κ2) is 7.16. The quantitative estimate of drug-likeness (QED) is 0.463. The number of hydrogen-bond donors (Lipinski definition) is 0. The zero-order valence-corrected chi connectivity index (χ0v) is 15.6. The molecule has 0 aromatic heterocycles. The van der Waals surface area contributed by atoms with E-state index in [0.29, 0.717) is 5.56 Å². The van der Waals surface area contributed by atoms with E-state index in [1.165, 1.54) is 14.2 Å². The molecule has 4 nitrogen and oxygen atoms in total. The maximum atomic E-state index is 12.8. The zero-order chi connectivity index (χ0) is 19.7. The molecule has 4 rings (SSSR count). The molecule has 0 aliphatic carbocycles. The number of ether oxygens (including phenoxy) is 2. The van der Waals surface area contributed by atoms with Crippen molar-refractivity contribution < 1.29 is 19.1 Å². The van der Waals surface area contributed by atoms with Gasteiger partial charge in [-0.2, -0.15) is 0 Å². The molecule has 0 aliphatic rings. The van der Waals surface area contributed by atoms with Crippen LogP contribution in [0, 0.1) is 0 Å². The van der Waals surface area contributed by atoms with Gasteiger partial charge in [0.15, 0.2) is 0 Å². The molecule has 138 valence electrons. The number of hydrogen-bond acceptors (Lipinski definition) is 4. The lowest BCUT2D eigenvalue weighted by atomic mass is 9.87. The number of fused-ring (bicyclic) bond motifs is 2. The average Bonchev–Trinajstić information content (AvgIpc) is 2.76. The summed E-state index contributed by atoms with van der Waals surface area (Å²) in [7, 11) is 2.61. The summed E-state index contributed by atoms with van der Waals surface area (Å²) >= 11 is 0. The van der Waals surface area contributed by atoms with E-state index in [0.717, 1.165) is 27.1 Å². The van der Waals surface area contributed by atoms with Gasteiger partial charge >= 0.3 is 11.9 Å². The van der Waals surface area contributed by atoms with Crippen LogP contribution in [0.1, 0.15) is 20.7 Å². The molecule has 28 heavy (non-hydrogen) atoms. The number of carbonyl (C=O) groups excluding carboxylic acids is 2. The predicted molar refractivity (Wildman–Crippen MR) is 110 cm³/mol. The minimum Gasteiger partial charge on any atom is -0.465 e. The first-order valence-electron chi connectivity index (χ1n) is 8.86. The smallest absolute Gasteiger partial charge is 0.339 e. The summed E-state index contributed by atoms with van der Waals surface area (Å²) in [5.74, 6) is -1.15. The Balaban J connectivity index is 2.23. The van der Waals surface area contributed by atoms with Gasteiger partial charge in [-0.15, -0.1) is 0 Å². The minimum atomic E-state index is -0.576. The molecule has 0 saturated carbocycles. The van der Waals surface area contributed by atoms with E-state index in [1.807, 2.05) is 66.7 Å². The monoisotopic (exact) mass is 370 g/mol. The fourth-order valence-electron chi connectivity index (χ4n) is 3.66. The van der Waals surface area contributed by atoms with Gasteiger partial charge in [0.2, 0.25) is 0 Å². The van der Waals surface area contributed by atoms with Gasteiger partial charge in [-0.3, -0.25) is 0 Å². The van der Waals surface area contributed by atoms with Crippen molar-refractivity contribution in [3.05, 3.63) is 83.9 Å². The molecule has 0 bridgehead atoms. The van der Waals surface area contributed by atoms with Crippen molar-refractivity contribution >= 4 is 33.5 Å². The molecule has 0 aliphatic heterocycles. The number of benzene rings is 4. The first-order chi connectivity index (χ1) is 13.7. The Labute approximate surface area is 162 Å². The highest BCUT2D eigenvalue weighted by Gasteiger charge is 2.26. The molecule has 0 heterocycles. The van der Waals surface area contributed by atoms with E-state index in [-0.39, 0.29) is 11.1 Å². The molecule has 0 N–H and O–H groups in total. The standard InChI is InChI=1S/C24H18O4/c1-27-23(25)20-14-16-9-4-6-12-18(16)21(22(20)24(26)28-2)19-13-7-10-15-8-3-5-11-17(15)19/h3-14H,1-2H3. The summed E-state index contributed by atoms with van der Waals surface area (Å²) in [5.41, 5.74) is 1.93. The van der Waals surface area contributed by atoms with E-state index >= 15 is 0 Å². The van der Waals surface area contributed by atoms with Gasteiger partial charge in [0.25, 0.3) is 0 Å². The summed E-state index contributed by atoms with van der Waals surface area (Å²) in [6.07, 6.45) is 0. The lowest BCUT2D eigenvalue weighted by Crippen LogP contribution is -2.14. The van der Waals surface area contributed by atoms with Crippen molar-refractivity contribution in [2.45, 2.75) is 0 Å². The second-order valence-corrected chi connectivity index (χ2v) is 6.41. The second-order valence-electron chi connectivity index (χ2n) is 6.41. The van der Waals surface area contributed by atoms with Crippen LogP contribution in [0.5, 0.6) is 0 Å². The average molecular weight is 370 g/mol. The van der Waals surface area contributed by atoms with Crippen LogP contribution in [0.25, 0.3) is 32.7 Å². The van der Waals surface area contributed by atoms with Gasteiger partial charge in [-0.05, 0) is 33.2 Å². The largest absolute Gasteiger partial charge is 0.465 e. The summed E-state index contributed by atoms with van der Waals surface area (Å²) in [6.45, 7) is 0. The summed E-state index contributed by atoms with van der Waals surface area (Å²) in [6, 6.07) is 23.2. The Morgan fingerprint density at radius 3 is 2.00 bits per heavy atom. The Morgan fingerprint density at radius 1 is 0.679 bits per heavy atom. The van der Waals surface area contributed by atoms with Crippen molar-refractivity contribution in [3.8, 4) is 11.1 Å². The third-order valence-corrected chi connectivity index (χ3v) is 4.90. The van der Waals surface area contributed by atoms with Gasteiger partial charge in [-0.1, -0.05) is 66.7 Å². The van der Waals surface area contributed by atoms with Gasteiger partial charge in [0, 0.05) is 5.56 Å². The Bertz CT molecular complexity index is 1220. The maximum absolute atomic E-state index is 12.8. The SMILES string of the molecule is COC(=O)c1cc2ccccc2c(-c2cccc3ccccc23)c1C(=O)OC.